The van der Waals surface area contributed by atoms with Crippen LogP contribution in [0.15, 0.2) is 24.3 Å². The number of imidazole rings is 1. The smallest absolute Gasteiger partial charge is 0.143 e. The first kappa shape index (κ1) is 10.1. The van der Waals surface area contributed by atoms with E-state index in [1.165, 1.54) is 0 Å². The van der Waals surface area contributed by atoms with Crippen LogP contribution in [0.4, 0.5) is 0 Å². The topological polar surface area (TPSA) is 47.3 Å². The van der Waals surface area contributed by atoms with Crippen LogP contribution in [0.25, 0.3) is 11.0 Å². The second-order valence-electron chi connectivity index (χ2n) is 3.34. The summed E-state index contributed by atoms with van der Waals surface area (Å²) in [6.45, 7) is 2.95. The Morgan fingerprint density at radius 3 is 3.00 bits per heavy atom. The molecule has 80 valence electrons. The predicted octanol–water partition coefficient (Wildman–Crippen LogP) is 1.31. The summed E-state index contributed by atoms with van der Waals surface area (Å²) >= 11 is 0. The molecule has 0 fully saturated rings. The molecule has 0 saturated heterocycles. The fraction of sp³-hybridized carbons (Fsp3) is 0.364. The van der Waals surface area contributed by atoms with Crippen LogP contribution >= 0.6 is 0 Å². The summed E-state index contributed by atoms with van der Waals surface area (Å²) in [5.74, 6) is 0.970. The fourth-order valence-electron chi connectivity index (χ4n) is 1.70. The van der Waals surface area contributed by atoms with Crippen molar-refractivity contribution in [1.82, 2.24) is 9.55 Å². The van der Waals surface area contributed by atoms with Crippen molar-refractivity contribution in [2.24, 2.45) is 0 Å². The summed E-state index contributed by atoms with van der Waals surface area (Å²) in [5, 5.41) is 8.53. The maximum Gasteiger partial charge on any atom is 0.143 e. The number of hydrogen-bond acceptors (Lipinski definition) is 3. The van der Waals surface area contributed by atoms with E-state index in [9.17, 15) is 0 Å². The van der Waals surface area contributed by atoms with Crippen molar-refractivity contribution in [2.75, 3.05) is 13.4 Å². The van der Waals surface area contributed by atoms with Crippen molar-refractivity contribution in [3.63, 3.8) is 0 Å². The van der Waals surface area contributed by atoms with Crippen molar-refractivity contribution >= 4 is 11.0 Å². The SMILES string of the molecule is Cc1nc2ccccc2n1CCOCO. The Bertz CT molecular complexity index is 451. The second kappa shape index (κ2) is 4.42. The Kier molecular flexibility index (Phi) is 2.99. The molecule has 0 aliphatic rings. The first-order valence-corrected chi connectivity index (χ1v) is 4.93. The van der Waals surface area contributed by atoms with Gasteiger partial charge < -0.3 is 14.4 Å². The second-order valence-corrected chi connectivity index (χ2v) is 3.34. The minimum atomic E-state index is -0.230. The molecule has 2 rings (SSSR count). The van der Waals surface area contributed by atoms with Gasteiger partial charge >= 0.3 is 0 Å². The van der Waals surface area contributed by atoms with Gasteiger partial charge in [0.05, 0.1) is 17.6 Å². The summed E-state index contributed by atoms with van der Waals surface area (Å²) in [6, 6.07) is 8.00. The molecule has 0 saturated carbocycles. The van der Waals surface area contributed by atoms with Crippen molar-refractivity contribution < 1.29 is 9.84 Å². The van der Waals surface area contributed by atoms with Crippen LogP contribution in [0, 0.1) is 6.92 Å². The lowest BCUT2D eigenvalue weighted by molar-refractivity contribution is -0.00442. The maximum absolute atomic E-state index is 8.53. The molecule has 4 heteroatoms. The number of aryl methyl sites for hydroxylation is 1. The fourth-order valence-corrected chi connectivity index (χ4v) is 1.70. The molecule has 1 N–H and O–H groups in total. The van der Waals surface area contributed by atoms with Gasteiger partial charge in [-0.05, 0) is 19.1 Å². The highest BCUT2D eigenvalue weighted by molar-refractivity contribution is 5.75. The molecule has 0 radical (unpaired) electrons. The summed E-state index contributed by atoms with van der Waals surface area (Å²) in [7, 11) is 0. The number of nitrogens with zero attached hydrogens (tertiary/aromatic N) is 2. The highest BCUT2D eigenvalue weighted by Crippen LogP contribution is 2.14. The Morgan fingerprint density at radius 2 is 2.20 bits per heavy atom. The molecular weight excluding hydrogens is 192 g/mol. The van der Waals surface area contributed by atoms with Crippen LogP contribution in [0.2, 0.25) is 0 Å². The average Bonchev–Trinajstić information content (AvgIpc) is 2.56. The molecule has 0 aliphatic carbocycles. The van der Waals surface area contributed by atoms with Gasteiger partial charge in [-0.2, -0.15) is 0 Å². The van der Waals surface area contributed by atoms with Crippen LogP contribution in [0.1, 0.15) is 5.82 Å². The Morgan fingerprint density at radius 1 is 1.40 bits per heavy atom. The van der Waals surface area contributed by atoms with Crippen molar-refractivity contribution in [1.29, 1.82) is 0 Å². The Labute approximate surface area is 88.1 Å². The van der Waals surface area contributed by atoms with Gasteiger partial charge in [0.15, 0.2) is 0 Å². The largest absolute Gasteiger partial charge is 0.371 e. The van der Waals surface area contributed by atoms with E-state index in [4.69, 9.17) is 9.84 Å². The van der Waals surface area contributed by atoms with Crippen molar-refractivity contribution in [3.8, 4) is 0 Å². The molecule has 0 aliphatic heterocycles. The third-order valence-electron chi connectivity index (χ3n) is 2.40. The van der Waals surface area contributed by atoms with Crippen LogP contribution in [0.3, 0.4) is 0 Å². The molecule has 2 aromatic rings. The molecule has 0 atom stereocenters. The van der Waals surface area contributed by atoms with Gasteiger partial charge in [-0.3, -0.25) is 0 Å². The van der Waals surface area contributed by atoms with Crippen LogP contribution in [-0.4, -0.2) is 28.1 Å². The van der Waals surface area contributed by atoms with Gasteiger partial charge in [-0.25, -0.2) is 4.98 Å². The normalized spacial score (nSPS) is 11.1. The Balaban J connectivity index is 2.28. The standard InChI is InChI=1S/C11H14N2O2/c1-9-12-10-4-2-3-5-11(10)13(9)6-7-15-8-14/h2-5,14H,6-8H2,1H3. The van der Waals surface area contributed by atoms with E-state index in [0.29, 0.717) is 13.2 Å². The minimum Gasteiger partial charge on any atom is -0.371 e. The molecule has 1 aromatic carbocycles. The number of fused-ring (bicyclic) bond motifs is 1. The number of rotatable bonds is 4. The highest BCUT2D eigenvalue weighted by atomic mass is 16.6. The summed E-state index contributed by atoms with van der Waals surface area (Å²) in [4.78, 5) is 4.44. The lowest BCUT2D eigenvalue weighted by Crippen LogP contribution is -2.07. The lowest BCUT2D eigenvalue weighted by atomic mass is 10.3. The summed E-state index contributed by atoms with van der Waals surface area (Å²) in [6.07, 6.45) is 0. The van der Waals surface area contributed by atoms with E-state index >= 15 is 0 Å². The number of para-hydroxylation sites is 2. The van der Waals surface area contributed by atoms with E-state index in [1.54, 1.807) is 0 Å². The number of ether oxygens (including phenoxy) is 1. The molecule has 0 spiro atoms. The molecule has 1 heterocycles. The van der Waals surface area contributed by atoms with Gasteiger partial charge in [-0.15, -0.1) is 0 Å². The van der Waals surface area contributed by atoms with E-state index in [0.717, 1.165) is 16.9 Å². The summed E-state index contributed by atoms with van der Waals surface area (Å²) < 4.78 is 7.01. The van der Waals surface area contributed by atoms with Crippen LogP contribution < -0.4 is 0 Å². The quantitative estimate of drug-likeness (QED) is 0.606. The van der Waals surface area contributed by atoms with Gasteiger partial charge in [0.2, 0.25) is 0 Å². The molecule has 0 unspecified atom stereocenters. The van der Waals surface area contributed by atoms with Gasteiger partial charge in [0.1, 0.15) is 12.6 Å². The van der Waals surface area contributed by atoms with Crippen LogP contribution in [-0.2, 0) is 11.3 Å². The monoisotopic (exact) mass is 206 g/mol. The number of aliphatic hydroxyl groups excluding tert-OH is 1. The zero-order valence-corrected chi connectivity index (χ0v) is 8.68. The molecule has 4 nitrogen and oxygen atoms in total. The van der Waals surface area contributed by atoms with Crippen molar-refractivity contribution in [2.45, 2.75) is 13.5 Å². The molecule has 0 amide bonds. The maximum atomic E-state index is 8.53. The van der Waals surface area contributed by atoms with Gasteiger partial charge in [0.25, 0.3) is 0 Å². The highest BCUT2D eigenvalue weighted by Gasteiger charge is 2.05. The predicted molar refractivity (Wildman–Crippen MR) is 57.5 cm³/mol. The minimum absolute atomic E-state index is 0.230. The first-order valence-electron chi connectivity index (χ1n) is 4.93. The zero-order valence-electron chi connectivity index (χ0n) is 8.68. The van der Waals surface area contributed by atoms with E-state index in [-0.39, 0.29) is 6.79 Å². The number of hydrogen-bond donors (Lipinski definition) is 1. The third kappa shape index (κ3) is 2.00. The zero-order chi connectivity index (χ0) is 10.7. The van der Waals surface area contributed by atoms with E-state index in [1.807, 2.05) is 31.2 Å². The molecular formula is C11H14N2O2. The number of aliphatic hydroxyl groups is 1. The lowest BCUT2D eigenvalue weighted by Gasteiger charge is -2.05. The number of aromatic nitrogens is 2. The Hall–Kier alpha value is -1.39. The summed E-state index contributed by atoms with van der Waals surface area (Å²) in [5.41, 5.74) is 2.11. The molecule has 1 aromatic heterocycles. The number of benzene rings is 1. The third-order valence-corrected chi connectivity index (χ3v) is 2.40. The van der Waals surface area contributed by atoms with E-state index in [2.05, 4.69) is 9.55 Å². The van der Waals surface area contributed by atoms with Gasteiger partial charge in [0, 0.05) is 6.54 Å². The van der Waals surface area contributed by atoms with Crippen molar-refractivity contribution in [3.05, 3.63) is 30.1 Å². The first-order chi connectivity index (χ1) is 7.33. The molecule has 0 bridgehead atoms. The average molecular weight is 206 g/mol. The van der Waals surface area contributed by atoms with Crippen LogP contribution in [0.5, 0.6) is 0 Å². The molecule has 15 heavy (non-hydrogen) atoms. The van der Waals surface area contributed by atoms with Gasteiger partial charge in [-0.1, -0.05) is 12.1 Å². The van der Waals surface area contributed by atoms with E-state index < -0.39 is 0 Å².